The zero-order valence-corrected chi connectivity index (χ0v) is 14.4. The first kappa shape index (κ1) is 17.5. The fourth-order valence-electron chi connectivity index (χ4n) is 2.60. The number of thiophene rings is 1. The number of imide groups is 1. The molecule has 1 aromatic heterocycles. The van der Waals surface area contributed by atoms with E-state index >= 15 is 0 Å². The Morgan fingerprint density at radius 1 is 1.43 bits per heavy atom. The molecular weight excluding hydrogens is 316 g/mol. The van der Waals surface area contributed by atoms with Crippen LogP contribution < -0.4 is 10.6 Å². The molecule has 126 valence electrons. The second-order valence-corrected chi connectivity index (χ2v) is 6.83. The number of ether oxygens (including phenoxy) is 1. The monoisotopic (exact) mass is 338 g/mol. The van der Waals surface area contributed by atoms with E-state index in [1.54, 1.807) is 0 Å². The Morgan fingerprint density at radius 3 is 2.83 bits per heavy atom. The lowest BCUT2D eigenvalue weighted by Crippen LogP contribution is -2.43. The van der Waals surface area contributed by atoms with Crippen molar-refractivity contribution in [1.82, 2.24) is 10.6 Å². The third-order valence-corrected chi connectivity index (χ3v) is 5.30. The van der Waals surface area contributed by atoms with Crippen LogP contribution in [0.3, 0.4) is 0 Å². The van der Waals surface area contributed by atoms with Gasteiger partial charge in [0.2, 0.25) is 0 Å². The normalized spacial score (nSPS) is 17.8. The van der Waals surface area contributed by atoms with Gasteiger partial charge in [0.1, 0.15) is 4.88 Å². The van der Waals surface area contributed by atoms with Gasteiger partial charge >= 0.3 is 12.0 Å². The molecule has 2 rings (SSSR count). The van der Waals surface area contributed by atoms with E-state index < -0.39 is 24.0 Å². The molecule has 0 bridgehead atoms. The molecule has 0 unspecified atom stereocenters. The number of rotatable bonds is 4. The van der Waals surface area contributed by atoms with E-state index in [4.69, 9.17) is 4.74 Å². The van der Waals surface area contributed by atoms with Crippen LogP contribution in [0.5, 0.6) is 0 Å². The summed E-state index contributed by atoms with van der Waals surface area (Å²) in [6.45, 7) is 3.63. The van der Waals surface area contributed by atoms with E-state index in [-0.39, 0.29) is 0 Å². The van der Waals surface area contributed by atoms with Crippen molar-refractivity contribution in [2.45, 2.75) is 45.6 Å². The first-order chi connectivity index (χ1) is 10.9. The zero-order valence-electron chi connectivity index (χ0n) is 13.6. The summed E-state index contributed by atoms with van der Waals surface area (Å²) in [6.07, 6.45) is 3.28. The molecule has 0 spiro atoms. The molecule has 0 aliphatic heterocycles. The SMILES string of the molecule is CC[C@H]1CCc2sc(C(=O)O[C@@H](C)C(=O)NC(=O)NC)cc2C1. The summed E-state index contributed by atoms with van der Waals surface area (Å²) in [5.74, 6) is -0.486. The van der Waals surface area contributed by atoms with Crippen LogP contribution in [0.2, 0.25) is 0 Å². The molecule has 1 aliphatic carbocycles. The number of carbonyl (C=O) groups is 3. The van der Waals surface area contributed by atoms with E-state index in [0.29, 0.717) is 10.8 Å². The van der Waals surface area contributed by atoms with Crippen LogP contribution in [0.25, 0.3) is 0 Å². The lowest BCUT2D eigenvalue weighted by atomic mass is 9.87. The van der Waals surface area contributed by atoms with Crippen molar-refractivity contribution in [1.29, 1.82) is 0 Å². The van der Waals surface area contributed by atoms with Crippen LogP contribution in [0.1, 0.15) is 46.8 Å². The summed E-state index contributed by atoms with van der Waals surface area (Å²) in [7, 11) is 1.40. The third kappa shape index (κ3) is 4.31. The minimum atomic E-state index is -1.03. The van der Waals surface area contributed by atoms with Crippen LogP contribution in [0, 0.1) is 5.92 Å². The summed E-state index contributed by atoms with van der Waals surface area (Å²) < 4.78 is 5.15. The number of amides is 3. The van der Waals surface area contributed by atoms with Crippen molar-refractivity contribution in [3.8, 4) is 0 Å². The molecule has 1 aliphatic rings. The molecule has 0 saturated carbocycles. The maximum atomic E-state index is 12.2. The van der Waals surface area contributed by atoms with Crippen LogP contribution in [-0.4, -0.2) is 31.1 Å². The Labute approximate surface area is 139 Å². The number of fused-ring (bicyclic) bond motifs is 1. The summed E-state index contributed by atoms with van der Waals surface area (Å²) in [4.78, 5) is 36.8. The molecule has 1 aromatic rings. The zero-order chi connectivity index (χ0) is 17.0. The summed E-state index contributed by atoms with van der Waals surface area (Å²) in [5.41, 5.74) is 1.22. The third-order valence-electron chi connectivity index (χ3n) is 4.08. The Balaban J connectivity index is 1.97. The number of carbonyl (C=O) groups excluding carboxylic acids is 3. The highest BCUT2D eigenvalue weighted by Crippen LogP contribution is 2.33. The lowest BCUT2D eigenvalue weighted by Gasteiger charge is -2.19. The Bertz CT molecular complexity index is 611. The fraction of sp³-hybridized carbons (Fsp3) is 0.562. The number of hydrogen-bond acceptors (Lipinski definition) is 5. The van der Waals surface area contributed by atoms with Gasteiger partial charge in [-0.05, 0) is 43.7 Å². The molecule has 2 N–H and O–H groups in total. The quantitative estimate of drug-likeness (QED) is 0.825. The van der Waals surface area contributed by atoms with Crippen LogP contribution in [0.4, 0.5) is 4.79 Å². The second-order valence-electron chi connectivity index (χ2n) is 5.69. The smallest absolute Gasteiger partial charge is 0.349 e. The van der Waals surface area contributed by atoms with Crippen LogP contribution in [-0.2, 0) is 22.4 Å². The molecule has 3 amide bonds. The Morgan fingerprint density at radius 2 is 2.17 bits per heavy atom. The first-order valence-electron chi connectivity index (χ1n) is 7.79. The van der Waals surface area contributed by atoms with Gasteiger partial charge in [0.25, 0.3) is 5.91 Å². The Hall–Kier alpha value is -1.89. The number of esters is 1. The van der Waals surface area contributed by atoms with Gasteiger partial charge in [-0.1, -0.05) is 13.3 Å². The second kappa shape index (κ2) is 7.59. The minimum absolute atomic E-state index is 0.517. The highest BCUT2D eigenvalue weighted by atomic mass is 32.1. The van der Waals surface area contributed by atoms with E-state index in [1.165, 1.54) is 35.7 Å². The summed E-state index contributed by atoms with van der Waals surface area (Å²) >= 11 is 1.44. The van der Waals surface area contributed by atoms with E-state index in [2.05, 4.69) is 17.6 Å². The highest BCUT2D eigenvalue weighted by molar-refractivity contribution is 7.14. The van der Waals surface area contributed by atoms with Gasteiger partial charge in [-0.25, -0.2) is 9.59 Å². The van der Waals surface area contributed by atoms with Crippen molar-refractivity contribution in [2.24, 2.45) is 5.92 Å². The molecule has 23 heavy (non-hydrogen) atoms. The van der Waals surface area contributed by atoms with Gasteiger partial charge in [0, 0.05) is 11.9 Å². The molecule has 2 atom stereocenters. The minimum Gasteiger partial charge on any atom is -0.448 e. The van der Waals surface area contributed by atoms with Crippen molar-refractivity contribution in [3.05, 3.63) is 21.4 Å². The fourth-order valence-corrected chi connectivity index (χ4v) is 3.69. The largest absolute Gasteiger partial charge is 0.448 e. The maximum absolute atomic E-state index is 12.2. The predicted molar refractivity (Wildman–Crippen MR) is 87.6 cm³/mol. The van der Waals surface area contributed by atoms with E-state index in [1.807, 2.05) is 6.07 Å². The lowest BCUT2D eigenvalue weighted by molar-refractivity contribution is -0.127. The first-order valence-corrected chi connectivity index (χ1v) is 8.61. The van der Waals surface area contributed by atoms with Gasteiger partial charge in [0.05, 0.1) is 0 Å². The number of nitrogens with one attached hydrogen (secondary N) is 2. The molecule has 0 saturated heterocycles. The number of urea groups is 1. The van der Waals surface area contributed by atoms with Gasteiger partial charge in [-0.3, -0.25) is 10.1 Å². The molecule has 0 fully saturated rings. The highest BCUT2D eigenvalue weighted by Gasteiger charge is 2.25. The van der Waals surface area contributed by atoms with Gasteiger partial charge in [-0.15, -0.1) is 11.3 Å². The maximum Gasteiger partial charge on any atom is 0.349 e. The average molecular weight is 338 g/mol. The van der Waals surface area contributed by atoms with Crippen molar-refractivity contribution in [2.75, 3.05) is 7.05 Å². The summed E-state index contributed by atoms with van der Waals surface area (Å²) in [5, 5.41) is 4.35. The van der Waals surface area contributed by atoms with Crippen molar-refractivity contribution < 1.29 is 19.1 Å². The van der Waals surface area contributed by atoms with Gasteiger partial charge in [0.15, 0.2) is 6.10 Å². The molecular formula is C16H22N2O4S. The number of aryl methyl sites for hydroxylation is 1. The molecule has 0 aromatic carbocycles. The predicted octanol–water partition coefficient (Wildman–Crippen LogP) is 2.26. The Kier molecular flexibility index (Phi) is 5.76. The van der Waals surface area contributed by atoms with Crippen molar-refractivity contribution in [3.63, 3.8) is 0 Å². The topological polar surface area (TPSA) is 84.5 Å². The van der Waals surface area contributed by atoms with Crippen LogP contribution in [0.15, 0.2) is 6.07 Å². The summed E-state index contributed by atoms with van der Waals surface area (Å²) in [6, 6.07) is 1.25. The molecule has 0 radical (unpaired) electrons. The molecule has 1 heterocycles. The van der Waals surface area contributed by atoms with Gasteiger partial charge in [-0.2, -0.15) is 0 Å². The average Bonchev–Trinajstić information content (AvgIpc) is 2.97. The van der Waals surface area contributed by atoms with Crippen LogP contribution >= 0.6 is 11.3 Å². The molecule has 7 heteroatoms. The standard InChI is InChI=1S/C16H22N2O4S/c1-4-10-5-6-12-11(7-10)8-13(23-12)15(20)22-9(2)14(19)18-16(21)17-3/h8-10H,4-7H2,1-3H3,(H2,17,18,19,21)/t9-,10-/m0/s1. The van der Waals surface area contributed by atoms with Gasteiger partial charge < -0.3 is 10.1 Å². The van der Waals surface area contributed by atoms with E-state index in [9.17, 15) is 14.4 Å². The van der Waals surface area contributed by atoms with Crippen molar-refractivity contribution >= 4 is 29.2 Å². The molecule has 6 nitrogen and oxygen atoms in total. The van der Waals surface area contributed by atoms with E-state index in [0.717, 1.165) is 25.7 Å². The number of hydrogen-bond donors (Lipinski definition) is 2.